The van der Waals surface area contributed by atoms with Crippen LogP contribution < -0.4 is 29.5 Å². The number of piperidine rings is 1. The van der Waals surface area contributed by atoms with Gasteiger partial charge in [0.2, 0.25) is 16.8 Å². The number of ether oxygens (including phenoxy) is 3. The first kappa shape index (κ1) is 27.4. The summed E-state index contributed by atoms with van der Waals surface area (Å²) in [5, 5.41) is 9.54. The van der Waals surface area contributed by atoms with Crippen molar-refractivity contribution in [1.29, 1.82) is 0 Å². The van der Waals surface area contributed by atoms with Gasteiger partial charge in [-0.2, -0.15) is 4.31 Å². The minimum atomic E-state index is -4.06. The lowest BCUT2D eigenvalue weighted by molar-refractivity contribution is -0.132. The molecule has 2 aromatic carbocycles. The number of nitrogens with zero attached hydrogens (tertiary/aromatic N) is 3. The van der Waals surface area contributed by atoms with E-state index in [4.69, 9.17) is 14.2 Å². The van der Waals surface area contributed by atoms with Crippen LogP contribution in [-0.4, -0.2) is 81.3 Å². The summed E-state index contributed by atoms with van der Waals surface area (Å²) in [4.78, 5) is 17.1. The molecular weight excluding hydrogens is 524 g/mol. The highest BCUT2D eigenvalue weighted by Gasteiger charge is 2.55. The van der Waals surface area contributed by atoms with Crippen LogP contribution in [-0.2, 0) is 14.8 Å². The number of piperazine rings is 1. The number of fused-ring (bicyclic) bond motifs is 1. The van der Waals surface area contributed by atoms with Crippen molar-refractivity contribution in [3.8, 4) is 17.2 Å². The molecule has 39 heavy (non-hydrogen) atoms. The molecule has 1 amide bonds. The molecule has 0 spiro atoms. The van der Waals surface area contributed by atoms with Crippen molar-refractivity contribution in [3.05, 3.63) is 42.5 Å². The van der Waals surface area contributed by atoms with Crippen LogP contribution in [0, 0.1) is 0 Å². The quantitative estimate of drug-likeness (QED) is 0.271. The summed E-state index contributed by atoms with van der Waals surface area (Å²) in [5.74, 6) is 1.25. The topological polar surface area (TPSA) is 121 Å². The van der Waals surface area contributed by atoms with E-state index >= 15 is 0 Å². The van der Waals surface area contributed by atoms with Gasteiger partial charge in [0.15, 0.2) is 16.2 Å². The zero-order valence-corrected chi connectivity index (χ0v) is 23.0. The average molecular weight is 561 g/mol. The maximum absolute atomic E-state index is 13.9. The maximum atomic E-state index is 13.9. The second-order valence-electron chi connectivity index (χ2n) is 10.0. The summed E-state index contributed by atoms with van der Waals surface area (Å²) < 4.78 is 44.1. The standard InChI is InChI=1S/C27H36N4O7S/c1-2-3-18-36-23-7-4-21(5-8-23)30-14-16-31(17-15-30)39(34,35)27(26(32)28-33)10-12-29(13-11-27)22-6-9-24-25(19-22)38-20-37-24/h4-9,19,33H,2-3,10-18,20H2,1H3,(H,28,32). The Bertz CT molecular complexity index is 1260. The van der Waals surface area contributed by atoms with E-state index in [0.717, 1.165) is 30.0 Å². The number of amides is 1. The third-order valence-corrected chi connectivity index (χ3v) is 10.5. The predicted molar refractivity (Wildman–Crippen MR) is 146 cm³/mol. The number of benzene rings is 2. The van der Waals surface area contributed by atoms with E-state index < -0.39 is 20.7 Å². The number of unbranched alkanes of at least 4 members (excludes halogenated alkanes) is 1. The lowest BCUT2D eigenvalue weighted by Gasteiger charge is -2.44. The third kappa shape index (κ3) is 5.32. The Morgan fingerprint density at radius 3 is 2.26 bits per heavy atom. The first-order valence-electron chi connectivity index (χ1n) is 13.4. The highest BCUT2D eigenvalue weighted by Crippen LogP contribution is 2.39. The first-order chi connectivity index (χ1) is 18.9. The molecule has 2 saturated heterocycles. The van der Waals surface area contributed by atoms with Crippen LogP contribution in [0.4, 0.5) is 11.4 Å². The van der Waals surface area contributed by atoms with Gasteiger partial charge >= 0.3 is 0 Å². The van der Waals surface area contributed by atoms with Gasteiger partial charge in [-0.3, -0.25) is 10.0 Å². The maximum Gasteiger partial charge on any atom is 0.266 e. The van der Waals surface area contributed by atoms with Gasteiger partial charge in [0.1, 0.15) is 5.75 Å². The van der Waals surface area contributed by atoms with Crippen molar-refractivity contribution in [2.75, 3.05) is 62.5 Å². The van der Waals surface area contributed by atoms with Crippen molar-refractivity contribution < 1.29 is 32.6 Å². The number of hydrogen-bond donors (Lipinski definition) is 2. The molecule has 3 aliphatic heterocycles. The lowest BCUT2D eigenvalue weighted by atomic mass is 9.94. The molecule has 2 N–H and O–H groups in total. The van der Waals surface area contributed by atoms with Crippen LogP contribution in [0.3, 0.4) is 0 Å². The van der Waals surface area contributed by atoms with Crippen molar-refractivity contribution in [3.63, 3.8) is 0 Å². The summed E-state index contributed by atoms with van der Waals surface area (Å²) in [5.41, 5.74) is 3.51. The number of rotatable bonds is 9. The number of hydrogen-bond acceptors (Lipinski definition) is 9. The fraction of sp³-hybridized carbons (Fsp3) is 0.519. The fourth-order valence-electron chi connectivity index (χ4n) is 5.43. The van der Waals surface area contributed by atoms with Crippen molar-refractivity contribution in [2.45, 2.75) is 37.4 Å². The highest BCUT2D eigenvalue weighted by molar-refractivity contribution is 7.91. The second kappa shape index (κ2) is 11.5. The number of carbonyl (C=O) groups excluding carboxylic acids is 1. The van der Waals surface area contributed by atoms with Gasteiger partial charge < -0.3 is 24.0 Å². The highest BCUT2D eigenvalue weighted by atomic mass is 32.2. The van der Waals surface area contributed by atoms with E-state index in [2.05, 4.69) is 11.8 Å². The largest absolute Gasteiger partial charge is 0.494 e. The molecular formula is C27H36N4O7S. The molecule has 3 heterocycles. The van der Waals surface area contributed by atoms with Gasteiger partial charge in [-0.1, -0.05) is 13.3 Å². The zero-order valence-electron chi connectivity index (χ0n) is 22.2. The Hall–Kier alpha value is -3.22. The van der Waals surface area contributed by atoms with Crippen LogP contribution in [0.15, 0.2) is 42.5 Å². The van der Waals surface area contributed by atoms with Gasteiger partial charge in [0.25, 0.3) is 5.91 Å². The van der Waals surface area contributed by atoms with Crippen LogP contribution in [0.1, 0.15) is 32.6 Å². The van der Waals surface area contributed by atoms with Crippen LogP contribution in [0.25, 0.3) is 0 Å². The number of carbonyl (C=O) groups is 1. The molecule has 0 bridgehead atoms. The van der Waals surface area contributed by atoms with Gasteiger partial charge in [0, 0.05) is 56.7 Å². The number of hydroxylamine groups is 1. The van der Waals surface area contributed by atoms with E-state index in [1.807, 2.05) is 47.4 Å². The Kier molecular flexibility index (Phi) is 8.06. The molecule has 0 saturated carbocycles. The molecule has 0 unspecified atom stereocenters. The summed E-state index contributed by atoms with van der Waals surface area (Å²) in [7, 11) is -4.06. The monoisotopic (exact) mass is 560 g/mol. The summed E-state index contributed by atoms with van der Waals surface area (Å²) >= 11 is 0. The molecule has 2 fully saturated rings. The Labute approximate surface area is 229 Å². The smallest absolute Gasteiger partial charge is 0.266 e. The summed E-state index contributed by atoms with van der Waals surface area (Å²) in [6.07, 6.45) is 2.18. The van der Waals surface area contributed by atoms with E-state index in [0.29, 0.717) is 44.3 Å². The van der Waals surface area contributed by atoms with Gasteiger partial charge in [-0.05, 0) is 55.7 Å². The van der Waals surface area contributed by atoms with Crippen LogP contribution in [0.2, 0.25) is 0 Å². The minimum absolute atomic E-state index is 0.0515. The van der Waals surface area contributed by atoms with Gasteiger partial charge in [-0.25, -0.2) is 13.9 Å². The van der Waals surface area contributed by atoms with Crippen LogP contribution in [0.5, 0.6) is 17.2 Å². The number of anilines is 2. The molecule has 0 aliphatic carbocycles. The average Bonchev–Trinajstić information content (AvgIpc) is 3.45. The molecule has 2 aromatic rings. The molecule has 11 nitrogen and oxygen atoms in total. The van der Waals surface area contributed by atoms with Gasteiger partial charge in [-0.15, -0.1) is 0 Å². The van der Waals surface area contributed by atoms with Crippen molar-refractivity contribution >= 4 is 27.3 Å². The zero-order chi connectivity index (χ0) is 27.5. The third-order valence-electron chi connectivity index (χ3n) is 7.85. The van der Waals surface area contributed by atoms with E-state index in [1.165, 1.54) is 4.31 Å². The number of nitrogens with one attached hydrogen (secondary N) is 1. The molecule has 0 atom stereocenters. The molecule has 0 aromatic heterocycles. The second-order valence-corrected chi connectivity index (χ2v) is 12.3. The normalized spacial score (nSPS) is 19.1. The molecule has 3 aliphatic rings. The molecule has 12 heteroatoms. The SMILES string of the molecule is CCCCOc1ccc(N2CCN(S(=O)(=O)C3(C(=O)NO)CCN(c4ccc5c(c4)OCO5)CC3)CC2)cc1. The Morgan fingerprint density at radius 2 is 1.59 bits per heavy atom. The first-order valence-corrected chi connectivity index (χ1v) is 14.9. The Morgan fingerprint density at radius 1 is 0.949 bits per heavy atom. The number of sulfonamides is 1. The van der Waals surface area contributed by atoms with Crippen molar-refractivity contribution in [2.24, 2.45) is 0 Å². The van der Waals surface area contributed by atoms with E-state index in [9.17, 15) is 18.4 Å². The van der Waals surface area contributed by atoms with E-state index in [-0.39, 0.29) is 32.7 Å². The molecule has 0 radical (unpaired) electrons. The fourth-order valence-corrected chi connectivity index (χ4v) is 7.55. The van der Waals surface area contributed by atoms with Crippen LogP contribution >= 0.6 is 0 Å². The van der Waals surface area contributed by atoms with Gasteiger partial charge in [0.05, 0.1) is 6.61 Å². The van der Waals surface area contributed by atoms with Crippen molar-refractivity contribution in [1.82, 2.24) is 9.79 Å². The van der Waals surface area contributed by atoms with E-state index in [1.54, 1.807) is 5.48 Å². The summed E-state index contributed by atoms with van der Waals surface area (Å²) in [6, 6.07) is 13.4. The molecule has 5 rings (SSSR count). The Balaban J connectivity index is 1.24. The predicted octanol–water partition coefficient (Wildman–Crippen LogP) is 2.59. The lowest BCUT2D eigenvalue weighted by Crippen LogP contribution is -2.63. The summed E-state index contributed by atoms with van der Waals surface area (Å²) in [6.45, 7) is 5.14. The molecule has 212 valence electrons. The minimum Gasteiger partial charge on any atom is -0.494 e.